The van der Waals surface area contributed by atoms with E-state index in [2.05, 4.69) is 5.10 Å². The van der Waals surface area contributed by atoms with Crippen LogP contribution in [0.1, 0.15) is 0 Å². The Morgan fingerprint density at radius 1 is 1.09 bits per heavy atom. The van der Waals surface area contributed by atoms with Crippen molar-refractivity contribution in [2.75, 3.05) is 30.8 Å². The molecule has 1 aromatic carbocycles. The van der Waals surface area contributed by atoms with E-state index in [1.165, 1.54) is 9.80 Å². The fourth-order valence-corrected chi connectivity index (χ4v) is 2.48. The number of hydrogen-bond acceptors (Lipinski definition) is 4. The van der Waals surface area contributed by atoms with Crippen molar-refractivity contribution in [2.45, 2.75) is 0 Å². The van der Waals surface area contributed by atoms with Crippen LogP contribution < -0.4 is 10.6 Å². The molecule has 22 heavy (non-hydrogen) atoms. The van der Waals surface area contributed by atoms with Gasteiger partial charge in [-0.2, -0.15) is 5.10 Å². The maximum absolute atomic E-state index is 12.3. The maximum atomic E-state index is 12.3. The number of amides is 2. The van der Waals surface area contributed by atoms with Gasteiger partial charge < -0.3 is 15.5 Å². The predicted octanol–water partition coefficient (Wildman–Crippen LogP) is 0.474. The summed E-state index contributed by atoms with van der Waals surface area (Å²) in [5, 5.41) is 4.35. The molecular weight excluding hydrogens is 282 g/mol. The average molecular weight is 299 g/mol. The molecule has 2 N–H and O–H groups in total. The van der Waals surface area contributed by atoms with Crippen molar-refractivity contribution in [3.05, 3.63) is 30.3 Å². The number of benzene rings is 1. The molecule has 7 heteroatoms. The number of aryl methyl sites for hydroxylation is 1. The van der Waals surface area contributed by atoms with Crippen LogP contribution in [0.15, 0.2) is 30.3 Å². The summed E-state index contributed by atoms with van der Waals surface area (Å²) < 4.78 is 1.57. The number of carbonyl (C=O) groups excluding carboxylic acids is 2. The Hall–Kier alpha value is -2.83. The summed E-state index contributed by atoms with van der Waals surface area (Å²) in [5.74, 6) is 0.332. The van der Waals surface area contributed by atoms with E-state index >= 15 is 0 Å². The van der Waals surface area contributed by atoms with Gasteiger partial charge in [-0.15, -0.1) is 0 Å². The van der Waals surface area contributed by atoms with E-state index in [1.807, 2.05) is 24.3 Å². The fraction of sp³-hybridized carbons (Fsp3) is 0.267. The summed E-state index contributed by atoms with van der Waals surface area (Å²) >= 11 is 0. The fourth-order valence-electron chi connectivity index (χ4n) is 2.48. The zero-order valence-corrected chi connectivity index (χ0v) is 12.5. The van der Waals surface area contributed by atoms with E-state index in [0.717, 1.165) is 5.56 Å². The Balaban J connectivity index is 2.05. The summed E-state index contributed by atoms with van der Waals surface area (Å²) in [6.45, 7) is 0.117. The first-order chi connectivity index (χ1) is 10.5. The molecule has 0 unspecified atom stereocenters. The van der Waals surface area contributed by atoms with Crippen molar-refractivity contribution >= 4 is 23.3 Å². The SMILES string of the molecule is CN1CC(=O)N(c2ccccc2-c2cc(N)n(C)n2)CC1=O. The number of anilines is 2. The predicted molar refractivity (Wildman–Crippen MR) is 83.0 cm³/mol. The number of rotatable bonds is 2. The second kappa shape index (κ2) is 5.18. The summed E-state index contributed by atoms with van der Waals surface area (Å²) in [6.07, 6.45) is 0. The zero-order valence-electron chi connectivity index (χ0n) is 12.5. The molecule has 3 rings (SSSR count). The van der Waals surface area contributed by atoms with Gasteiger partial charge in [-0.25, -0.2) is 0 Å². The Morgan fingerprint density at radius 2 is 1.82 bits per heavy atom. The van der Waals surface area contributed by atoms with E-state index in [0.29, 0.717) is 17.2 Å². The second-order valence-corrected chi connectivity index (χ2v) is 5.32. The summed E-state index contributed by atoms with van der Waals surface area (Å²) in [7, 11) is 3.38. The molecule has 0 atom stereocenters. The number of carbonyl (C=O) groups is 2. The molecule has 2 amide bonds. The summed E-state index contributed by atoms with van der Waals surface area (Å²) in [5.41, 5.74) is 7.96. The lowest BCUT2D eigenvalue weighted by atomic mass is 10.1. The molecule has 114 valence electrons. The van der Waals surface area contributed by atoms with Gasteiger partial charge in [0.05, 0.1) is 17.9 Å². The molecule has 2 aromatic rings. The molecule has 1 saturated heterocycles. The van der Waals surface area contributed by atoms with Crippen molar-refractivity contribution in [1.82, 2.24) is 14.7 Å². The van der Waals surface area contributed by atoms with Crippen LogP contribution >= 0.6 is 0 Å². The molecule has 1 aromatic heterocycles. The minimum atomic E-state index is -0.113. The van der Waals surface area contributed by atoms with Crippen LogP contribution in [0, 0.1) is 0 Å². The van der Waals surface area contributed by atoms with Gasteiger partial charge in [0.2, 0.25) is 11.8 Å². The highest BCUT2D eigenvalue weighted by atomic mass is 16.2. The van der Waals surface area contributed by atoms with Gasteiger partial charge in [0.25, 0.3) is 0 Å². The smallest absolute Gasteiger partial charge is 0.247 e. The van der Waals surface area contributed by atoms with E-state index in [9.17, 15) is 9.59 Å². The first-order valence-electron chi connectivity index (χ1n) is 6.90. The van der Waals surface area contributed by atoms with Crippen molar-refractivity contribution in [1.29, 1.82) is 0 Å². The molecular formula is C15H17N5O2. The number of nitrogen functional groups attached to an aromatic ring is 1. The van der Waals surface area contributed by atoms with Crippen LogP contribution in [0.4, 0.5) is 11.5 Å². The number of nitrogens with two attached hydrogens (primary N) is 1. The molecule has 0 radical (unpaired) electrons. The minimum absolute atomic E-state index is 0.0364. The number of likely N-dealkylation sites (N-methyl/N-ethyl adjacent to an activating group) is 1. The molecule has 2 heterocycles. The standard InChI is InChI=1S/C15H17N5O2/c1-18-8-15(22)20(9-14(18)21)12-6-4-3-5-10(12)11-7-13(16)19(2)17-11/h3-7H,8-9,16H2,1-2H3. The number of nitrogens with zero attached hydrogens (tertiary/aromatic N) is 4. The first kappa shape index (κ1) is 14.1. The molecule has 0 bridgehead atoms. The zero-order chi connectivity index (χ0) is 15.9. The van der Waals surface area contributed by atoms with E-state index in [-0.39, 0.29) is 24.9 Å². The normalized spacial score (nSPS) is 15.5. The van der Waals surface area contributed by atoms with Crippen molar-refractivity contribution in [3.8, 4) is 11.3 Å². The van der Waals surface area contributed by atoms with Crippen molar-refractivity contribution in [3.63, 3.8) is 0 Å². The van der Waals surface area contributed by atoms with Crippen LogP contribution in [0.2, 0.25) is 0 Å². The third-order valence-electron chi connectivity index (χ3n) is 3.78. The Morgan fingerprint density at radius 3 is 2.50 bits per heavy atom. The van der Waals surface area contributed by atoms with Crippen LogP contribution in [0.25, 0.3) is 11.3 Å². The Kier molecular flexibility index (Phi) is 3.32. The molecule has 1 aliphatic heterocycles. The maximum Gasteiger partial charge on any atom is 0.247 e. The summed E-state index contributed by atoms with van der Waals surface area (Å²) in [4.78, 5) is 27.1. The highest BCUT2D eigenvalue weighted by molar-refractivity contribution is 6.06. The van der Waals surface area contributed by atoms with Gasteiger partial charge in [0, 0.05) is 25.7 Å². The van der Waals surface area contributed by atoms with Crippen LogP contribution in [0.5, 0.6) is 0 Å². The van der Waals surface area contributed by atoms with Crippen LogP contribution in [-0.2, 0) is 16.6 Å². The lowest BCUT2D eigenvalue weighted by molar-refractivity contribution is -0.136. The van der Waals surface area contributed by atoms with E-state index < -0.39 is 0 Å². The number of piperazine rings is 1. The average Bonchev–Trinajstić information content (AvgIpc) is 2.82. The van der Waals surface area contributed by atoms with Crippen LogP contribution in [-0.4, -0.2) is 46.6 Å². The number of aromatic nitrogens is 2. The second-order valence-electron chi connectivity index (χ2n) is 5.32. The highest BCUT2D eigenvalue weighted by Gasteiger charge is 2.30. The van der Waals surface area contributed by atoms with Gasteiger partial charge >= 0.3 is 0 Å². The molecule has 0 spiro atoms. The van der Waals surface area contributed by atoms with Crippen molar-refractivity contribution in [2.24, 2.45) is 7.05 Å². The first-order valence-corrected chi connectivity index (χ1v) is 6.90. The summed E-state index contributed by atoms with van der Waals surface area (Å²) in [6, 6.07) is 9.14. The lowest BCUT2D eigenvalue weighted by Crippen LogP contribution is -2.52. The van der Waals surface area contributed by atoms with Gasteiger partial charge in [-0.3, -0.25) is 14.3 Å². The Labute approximate surface area is 127 Å². The number of hydrogen-bond donors (Lipinski definition) is 1. The molecule has 0 aliphatic carbocycles. The van der Waals surface area contributed by atoms with Gasteiger partial charge in [-0.1, -0.05) is 18.2 Å². The third kappa shape index (κ3) is 2.30. The van der Waals surface area contributed by atoms with Gasteiger partial charge in [0.15, 0.2) is 0 Å². The van der Waals surface area contributed by atoms with E-state index in [1.54, 1.807) is 24.8 Å². The van der Waals surface area contributed by atoms with Crippen LogP contribution in [0.3, 0.4) is 0 Å². The van der Waals surface area contributed by atoms with Crippen molar-refractivity contribution < 1.29 is 9.59 Å². The van der Waals surface area contributed by atoms with E-state index in [4.69, 9.17) is 5.73 Å². The molecule has 1 aliphatic rings. The largest absolute Gasteiger partial charge is 0.384 e. The molecule has 7 nitrogen and oxygen atoms in total. The minimum Gasteiger partial charge on any atom is -0.384 e. The third-order valence-corrected chi connectivity index (χ3v) is 3.78. The lowest BCUT2D eigenvalue weighted by Gasteiger charge is -2.32. The molecule has 0 saturated carbocycles. The van der Waals surface area contributed by atoms with Gasteiger partial charge in [-0.05, 0) is 6.07 Å². The topological polar surface area (TPSA) is 84.5 Å². The molecule has 1 fully saturated rings. The van der Waals surface area contributed by atoms with Gasteiger partial charge in [0.1, 0.15) is 12.4 Å². The Bertz CT molecular complexity index is 733. The number of para-hydroxylation sites is 1. The monoisotopic (exact) mass is 299 g/mol. The quantitative estimate of drug-likeness (QED) is 0.874. The highest BCUT2D eigenvalue weighted by Crippen LogP contribution is 2.31.